The highest BCUT2D eigenvalue weighted by Crippen LogP contribution is 2.38. The Labute approximate surface area is 157 Å². The number of benzene rings is 3. The van der Waals surface area contributed by atoms with Crippen molar-refractivity contribution in [2.75, 3.05) is 6.61 Å². The van der Waals surface area contributed by atoms with E-state index in [4.69, 9.17) is 4.74 Å². The molecule has 1 aliphatic heterocycles. The number of ether oxygens (including phenoxy) is 1. The van der Waals surface area contributed by atoms with Gasteiger partial charge in [0.1, 0.15) is 6.23 Å². The third-order valence-electron chi connectivity index (χ3n) is 4.97. The second-order valence-electron chi connectivity index (χ2n) is 6.63. The molecule has 0 aliphatic carbocycles. The van der Waals surface area contributed by atoms with Gasteiger partial charge in [0.25, 0.3) is 5.69 Å². The largest absolute Gasteiger partial charge is 0.358 e. The quantitative estimate of drug-likeness (QED) is 0.539. The van der Waals surface area contributed by atoms with Gasteiger partial charge in [-0.3, -0.25) is 15.4 Å². The van der Waals surface area contributed by atoms with Gasteiger partial charge in [0, 0.05) is 24.1 Å². The Balaban J connectivity index is 1.63. The number of non-ortho nitro benzene ring substituents is 1. The van der Waals surface area contributed by atoms with Crippen molar-refractivity contribution in [3.8, 4) is 0 Å². The van der Waals surface area contributed by atoms with Crippen LogP contribution in [0.15, 0.2) is 84.9 Å². The third-order valence-corrected chi connectivity index (χ3v) is 4.97. The van der Waals surface area contributed by atoms with Crippen molar-refractivity contribution in [1.29, 1.82) is 0 Å². The van der Waals surface area contributed by atoms with Crippen LogP contribution in [0.2, 0.25) is 0 Å². The number of hydrogen-bond acceptors (Lipinski definition) is 4. The van der Waals surface area contributed by atoms with Crippen LogP contribution in [0.1, 0.15) is 34.9 Å². The molecule has 0 saturated carbocycles. The lowest BCUT2D eigenvalue weighted by atomic mass is 9.86. The predicted molar refractivity (Wildman–Crippen MR) is 103 cm³/mol. The van der Waals surface area contributed by atoms with Gasteiger partial charge in [-0.2, -0.15) is 0 Å². The summed E-state index contributed by atoms with van der Waals surface area (Å²) in [5.74, 6) is 0.183. The van der Waals surface area contributed by atoms with E-state index in [2.05, 4.69) is 29.6 Å². The molecule has 1 unspecified atom stereocenters. The Hall–Kier alpha value is -3.02. The number of rotatable bonds is 4. The monoisotopic (exact) mass is 360 g/mol. The van der Waals surface area contributed by atoms with Crippen LogP contribution in [-0.4, -0.2) is 11.5 Å². The molecule has 0 aromatic heterocycles. The van der Waals surface area contributed by atoms with Crippen LogP contribution in [-0.2, 0) is 4.74 Å². The highest BCUT2D eigenvalue weighted by molar-refractivity contribution is 5.35. The van der Waals surface area contributed by atoms with E-state index in [1.807, 2.05) is 36.4 Å². The Morgan fingerprint density at radius 1 is 0.815 bits per heavy atom. The average Bonchev–Trinajstić information content (AvgIpc) is 2.74. The zero-order valence-corrected chi connectivity index (χ0v) is 14.7. The molecule has 0 radical (unpaired) electrons. The Bertz CT molecular complexity index is 898. The maximum atomic E-state index is 10.9. The maximum Gasteiger partial charge on any atom is 0.269 e. The maximum absolute atomic E-state index is 10.9. The molecule has 0 bridgehead atoms. The van der Waals surface area contributed by atoms with Crippen LogP contribution in [0.3, 0.4) is 0 Å². The lowest BCUT2D eigenvalue weighted by Crippen LogP contribution is -2.39. The molecule has 3 atom stereocenters. The molecule has 3 aromatic carbocycles. The van der Waals surface area contributed by atoms with Gasteiger partial charge in [0.2, 0.25) is 0 Å². The highest BCUT2D eigenvalue weighted by atomic mass is 16.6. The summed E-state index contributed by atoms with van der Waals surface area (Å²) in [6, 6.07) is 27.3. The van der Waals surface area contributed by atoms with Crippen molar-refractivity contribution in [1.82, 2.24) is 5.32 Å². The van der Waals surface area contributed by atoms with Crippen LogP contribution < -0.4 is 5.32 Å². The van der Waals surface area contributed by atoms with Crippen molar-refractivity contribution in [3.63, 3.8) is 0 Å². The molecule has 136 valence electrons. The molecule has 4 rings (SSSR count). The Morgan fingerprint density at radius 3 is 2.00 bits per heavy atom. The standard InChI is InChI=1S/C22H20N2O3/c25-24(26)19-13-11-18(12-14-19)22-23-21(17-9-5-2-6-10-17)20(15-27-22)16-7-3-1-4-8-16/h1-14,20-23H,15H2/t20-,21-,22?/m0/s1. The molecule has 5 heteroatoms. The van der Waals surface area contributed by atoms with Gasteiger partial charge in [0.15, 0.2) is 0 Å². The lowest BCUT2D eigenvalue weighted by Gasteiger charge is -2.38. The second-order valence-corrected chi connectivity index (χ2v) is 6.63. The summed E-state index contributed by atoms with van der Waals surface area (Å²) in [5.41, 5.74) is 3.38. The van der Waals surface area contributed by atoms with E-state index in [0.717, 1.165) is 5.56 Å². The lowest BCUT2D eigenvalue weighted by molar-refractivity contribution is -0.384. The molecular formula is C22H20N2O3. The first-order chi connectivity index (χ1) is 13.2. The van der Waals surface area contributed by atoms with Crippen LogP contribution in [0.5, 0.6) is 0 Å². The van der Waals surface area contributed by atoms with Crippen LogP contribution in [0.25, 0.3) is 0 Å². The molecule has 5 nitrogen and oxygen atoms in total. The van der Waals surface area contributed by atoms with Crippen molar-refractivity contribution in [2.24, 2.45) is 0 Å². The van der Waals surface area contributed by atoms with E-state index in [0.29, 0.717) is 6.61 Å². The Morgan fingerprint density at radius 2 is 1.41 bits per heavy atom. The SMILES string of the molecule is O=[N+]([O-])c1ccc(C2N[C@@H](c3ccccc3)[C@H](c3ccccc3)CO2)cc1. The summed E-state index contributed by atoms with van der Waals surface area (Å²) >= 11 is 0. The molecule has 1 saturated heterocycles. The van der Waals surface area contributed by atoms with Crippen LogP contribution >= 0.6 is 0 Å². The molecule has 1 aliphatic rings. The number of nitrogens with one attached hydrogen (secondary N) is 1. The molecular weight excluding hydrogens is 340 g/mol. The molecule has 3 aromatic rings. The van der Waals surface area contributed by atoms with Crippen molar-refractivity contribution < 1.29 is 9.66 Å². The normalized spacial score (nSPS) is 22.3. The fourth-order valence-electron chi connectivity index (χ4n) is 3.56. The molecule has 1 fully saturated rings. The summed E-state index contributed by atoms with van der Waals surface area (Å²) in [4.78, 5) is 10.5. The number of nitro benzene ring substituents is 1. The van der Waals surface area contributed by atoms with Crippen LogP contribution in [0.4, 0.5) is 5.69 Å². The first-order valence-electron chi connectivity index (χ1n) is 8.94. The highest BCUT2D eigenvalue weighted by Gasteiger charge is 2.33. The van der Waals surface area contributed by atoms with E-state index in [1.54, 1.807) is 12.1 Å². The smallest absolute Gasteiger partial charge is 0.269 e. The first kappa shape index (κ1) is 17.4. The van der Waals surface area contributed by atoms with Gasteiger partial charge in [-0.05, 0) is 28.8 Å². The summed E-state index contributed by atoms with van der Waals surface area (Å²) < 4.78 is 6.10. The average molecular weight is 360 g/mol. The molecule has 0 amide bonds. The Kier molecular flexibility index (Phi) is 4.96. The van der Waals surface area contributed by atoms with E-state index < -0.39 is 4.92 Å². The van der Waals surface area contributed by atoms with E-state index in [9.17, 15) is 10.1 Å². The molecule has 1 heterocycles. The minimum atomic E-state index is -0.392. The minimum absolute atomic E-state index is 0.0799. The fourth-order valence-corrected chi connectivity index (χ4v) is 3.56. The number of nitrogens with zero attached hydrogens (tertiary/aromatic N) is 1. The van der Waals surface area contributed by atoms with Gasteiger partial charge in [-0.1, -0.05) is 60.7 Å². The van der Waals surface area contributed by atoms with Crippen molar-refractivity contribution in [2.45, 2.75) is 18.2 Å². The first-order valence-corrected chi connectivity index (χ1v) is 8.94. The fraction of sp³-hybridized carbons (Fsp3) is 0.182. The van der Waals surface area contributed by atoms with Gasteiger partial charge < -0.3 is 4.74 Å². The zero-order chi connectivity index (χ0) is 18.6. The number of nitro groups is 1. The second kappa shape index (κ2) is 7.70. The van der Waals surface area contributed by atoms with Gasteiger partial charge in [0.05, 0.1) is 11.5 Å². The summed E-state index contributed by atoms with van der Waals surface area (Å²) in [7, 11) is 0. The summed E-state index contributed by atoms with van der Waals surface area (Å²) in [5, 5.41) is 14.5. The molecule has 0 spiro atoms. The topological polar surface area (TPSA) is 64.4 Å². The summed E-state index contributed by atoms with van der Waals surface area (Å²) in [6.45, 7) is 0.568. The van der Waals surface area contributed by atoms with E-state index in [-0.39, 0.29) is 23.9 Å². The van der Waals surface area contributed by atoms with E-state index in [1.165, 1.54) is 23.3 Å². The number of hydrogen-bond donors (Lipinski definition) is 1. The van der Waals surface area contributed by atoms with Gasteiger partial charge in [-0.15, -0.1) is 0 Å². The van der Waals surface area contributed by atoms with Crippen molar-refractivity contribution >= 4 is 5.69 Å². The minimum Gasteiger partial charge on any atom is -0.358 e. The summed E-state index contributed by atoms with van der Waals surface area (Å²) in [6.07, 6.45) is -0.309. The van der Waals surface area contributed by atoms with Gasteiger partial charge in [-0.25, -0.2) is 0 Å². The van der Waals surface area contributed by atoms with Crippen LogP contribution in [0, 0.1) is 10.1 Å². The van der Waals surface area contributed by atoms with Crippen molar-refractivity contribution in [3.05, 3.63) is 112 Å². The third kappa shape index (κ3) is 3.74. The van der Waals surface area contributed by atoms with Gasteiger partial charge >= 0.3 is 0 Å². The van der Waals surface area contributed by atoms with E-state index >= 15 is 0 Å². The zero-order valence-electron chi connectivity index (χ0n) is 14.7. The molecule has 1 N–H and O–H groups in total. The molecule has 27 heavy (non-hydrogen) atoms. The predicted octanol–water partition coefficient (Wildman–Crippen LogP) is 4.74.